The Labute approximate surface area is 183 Å². The molecule has 3 aromatic rings. The van der Waals surface area contributed by atoms with Crippen molar-refractivity contribution in [3.05, 3.63) is 77.6 Å². The van der Waals surface area contributed by atoms with Gasteiger partial charge in [0.05, 0.1) is 19.3 Å². The van der Waals surface area contributed by atoms with Gasteiger partial charge in [0.2, 0.25) is 0 Å². The van der Waals surface area contributed by atoms with Crippen LogP contribution in [-0.4, -0.2) is 47.4 Å². The second-order valence-electron chi connectivity index (χ2n) is 7.68. The van der Waals surface area contributed by atoms with E-state index < -0.39 is 0 Å². The molecule has 2 heterocycles. The molecule has 1 saturated heterocycles. The normalized spacial score (nSPS) is 16.9. The standard InChI is InChI=1S/C24H29N5O2/c1-18-8-10-21(11-9-18)31-22-7-5-4-6-19(22)14-26-24(25-2)29-12-13-30-23(17-29)20-15-27-28(3)16-20/h4-11,15-16,23H,12-14,17H2,1-3H3,(H,25,26). The Bertz CT molecular complexity index is 1030. The van der Waals surface area contributed by atoms with E-state index in [0.29, 0.717) is 13.2 Å². The van der Waals surface area contributed by atoms with Crippen LogP contribution in [0.25, 0.3) is 0 Å². The van der Waals surface area contributed by atoms with Gasteiger partial charge in [0.1, 0.15) is 17.6 Å². The van der Waals surface area contributed by atoms with Crippen LogP contribution in [0.4, 0.5) is 0 Å². The Morgan fingerprint density at radius 1 is 1.23 bits per heavy atom. The topological polar surface area (TPSA) is 63.9 Å². The number of morpholine rings is 1. The molecule has 1 atom stereocenters. The molecule has 1 aliphatic heterocycles. The minimum Gasteiger partial charge on any atom is -0.457 e. The molecule has 1 N–H and O–H groups in total. The van der Waals surface area contributed by atoms with Crippen LogP contribution in [0.2, 0.25) is 0 Å². The minimum atomic E-state index is -0.0156. The largest absolute Gasteiger partial charge is 0.457 e. The lowest BCUT2D eigenvalue weighted by Gasteiger charge is -2.34. The quantitative estimate of drug-likeness (QED) is 0.505. The molecule has 162 valence electrons. The highest BCUT2D eigenvalue weighted by Crippen LogP contribution is 2.26. The first-order chi connectivity index (χ1) is 15.1. The summed E-state index contributed by atoms with van der Waals surface area (Å²) in [6.07, 6.45) is 3.85. The summed E-state index contributed by atoms with van der Waals surface area (Å²) in [6.45, 7) is 4.85. The fourth-order valence-corrected chi connectivity index (χ4v) is 3.64. The second-order valence-corrected chi connectivity index (χ2v) is 7.68. The molecule has 1 unspecified atom stereocenters. The number of rotatable bonds is 5. The summed E-state index contributed by atoms with van der Waals surface area (Å²) in [5.74, 6) is 2.52. The van der Waals surface area contributed by atoms with E-state index in [0.717, 1.165) is 41.7 Å². The monoisotopic (exact) mass is 419 g/mol. The van der Waals surface area contributed by atoms with Crippen molar-refractivity contribution in [2.24, 2.45) is 12.0 Å². The van der Waals surface area contributed by atoms with Crippen LogP contribution in [0.3, 0.4) is 0 Å². The summed E-state index contributed by atoms with van der Waals surface area (Å²) < 4.78 is 13.9. The number of aromatic nitrogens is 2. The lowest BCUT2D eigenvalue weighted by molar-refractivity contribution is -0.00805. The van der Waals surface area contributed by atoms with Gasteiger partial charge in [-0.1, -0.05) is 35.9 Å². The van der Waals surface area contributed by atoms with Gasteiger partial charge in [-0.15, -0.1) is 0 Å². The molecular weight excluding hydrogens is 390 g/mol. The molecule has 0 spiro atoms. The number of nitrogens with zero attached hydrogens (tertiary/aromatic N) is 4. The third kappa shape index (κ3) is 5.24. The van der Waals surface area contributed by atoms with Crippen molar-refractivity contribution in [1.29, 1.82) is 0 Å². The summed E-state index contributed by atoms with van der Waals surface area (Å²) in [4.78, 5) is 6.72. The number of para-hydroxylation sites is 1. The number of ether oxygens (including phenoxy) is 2. The number of aryl methyl sites for hydroxylation is 2. The van der Waals surface area contributed by atoms with Crippen LogP contribution in [0, 0.1) is 6.92 Å². The van der Waals surface area contributed by atoms with E-state index in [1.54, 1.807) is 4.68 Å². The summed E-state index contributed by atoms with van der Waals surface area (Å²) in [5.41, 5.74) is 3.36. The number of benzene rings is 2. The zero-order chi connectivity index (χ0) is 21.6. The van der Waals surface area contributed by atoms with Gasteiger partial charge < -0.3 is 19.7 Å². The third-order valence-electron chi connectivity index (χ3n) is 5.33. The van der Waals surface area contributed by atoms with Crippen molar-refractivity contribution < 1.29 is 9.47 Å². The second kappa shape index (κ2) is 9.66. The zero-order valence-corrected chi connectivity index (χ0v) is 18.3. The van der Waals surface area contributed by atoms with Gasteiger partial charge in [0.25, 0.3) is 0 Å². The van der Waals surface area contributed by atoms with Gasteiger partial charge >= 0.3 is 0 Å². The molecule has 1 aromatic heterocycles. The molecule has 0 radical (unpaired) electrons. The third-order valence-corrected chi connectivity index (χ3v) is 5.33. The van der Waals surface area contributed by atoms with Gasteiger partial charge in [-0.25, -0.2) is 0 Å². The molecule has 1 aliphatic rings. The first kappa shape index (κ1) is 20.9. The number of aliphatic imine (C=N–C) groups is 1. The van der Waals surface area contributed by atoms with E-state index in [-0.39, 0.29) is 6.10 Å². The molecule has 7 nitrogen and oxygen atoms in total. The Morgan fingerprint density at radius 3 is 2.77 bits per heavy atom. The first-order valence-corrected chi connectivity index (χ1v) is 10.5. The van der Waals surface area contributed by atoms with Crippen LogP contribution in [-0.2, 0) is 18.3 Å². The average Bonchev–Trinajstić information content (AvgIpc) is 3.23. The lowest BCUT2D eigenvalue weighted by Crippen LogP contribution is -2.47. The predicted molar refractivity (Wildman–Crippen MR) is 121 cm³/mol. The minimum absolute atomic E-state index is 0.0156. The maximum Gasteiger partial charge on any atom is 0.194 e. The predicted octanol–water partition coefficient (Wildman–Crippen LogP) is 3.67. The highest BCUT2D eigenvalue weighted by atomic mass is 16.5. The fourth-order valence-electron chi connectivity index (χ4n) is 3.64. The molecule has 0 saturated carbocycles. The van der Waals surface area contributed by atoms with Crippen LogP contribution < -0.4 is 10.1 Å². The Kier molecular flexibility index (Phi) is 6.52. The van der Waals surface area contributed by atoms with E-state index in [1.165, 1.54) is 5.56 Å². The molecule has 2 aromatic carbocycles. The molecule has 0 bridgehead atoms. The van der Waals surface area contributed by atoms with Gasteiger partial charge in [0.15, 0.2) is 5.96 Å². The van der Waals surface area contributed by atoms with E-state index >= 15 is 0 Å². The van der Waals surface area contributed by atoms with Gasteiger partial charge in [-0.05, 0) is 25.1 Å². The van der Waals surface area contributed by atoms with Crippen molar-refractivity contribution in [3.63, 3.8) is 0 Å². The number of hydrogen-bond donors (Lipinski definition) is 1. The molecule has 31 heavy (non-hydrogen) atoms. The molecule has 1 fully saturated rings. The van der Waals surface area contributed by atoms with Crippen LogP contribution in [0.15, 0.2) is 65.9 Å². The molecule has 4 rings (SSSR count). The Morgan fingerprint density at radius 2 is 2.03 bits per heavy atom. The van der Waals surface area contributed by atoms with E-state index in [9.17, 15) is 0 Å². The summed E-state index contributed by atoms with van der Waals surface area (Å²) >= 11 is 0. The summed E-state index contributed by atoms with van der Waals surface area (Å²) in [5, 5.41) is 7.75. The Balaban J connectivity index is 1.41. The van der Waals surface area contributed by atoms with E-state index in [4.69, 9.17) is 9.47 Å². The molecule has 7 heteroatoms. The number of hydrogen-bond acceptors (Lipinski definition) is 4. The van der Waals surface area contributed by atoms with E-state index in [1.807, 2.05) is 56.8 Å². The van der Waals surface area contributed by atoms with Crippen molar-refractivity contribution in [3.8, 4) is 11.5 Å². The Hall–Kier alpha value is -3.32. The lowest BCUT2D eigenvalue weighted by atomic mass is 10.1. The molecular formula is C24H29N5O2. The van der Waals surface area contributed by atoms with Crippen LogP contribution in [0.1, 0.15) is 22.8 Å². The van der Waals surface area contributed by atoms with Crippen molar-refractivity contribution in [2.75, 3.05) is 26.7 Å². The zero-order valence-electron chi connectivity index (χ0n) is 18.3. The smallest absolute Gasteiger partial charge is 0.194 e. The molecule has 0 aliphatic carbocycles. The summed E-state index contributed by atoms with van der Waals surface area (Å²) in [6, 6.07) is 16.2. The number of nitrogens with one attached hydrogen (secondary N) is 1. The number of guanidine groups is 1. The fraction of sp³-hybridized carbons (Fsp3) is 0.333. The van der Waals surface area contributed by atoms with Crippen LogP contribution >= 0.6 is 0 Å². The highest BCUT2D eigenvalue weighted by molar-refractivity contribution is 5.80. The van der Waals surface area contributed by atoms with Crippen molar-refractivity contribution in [1.82, 2.24) is 20.0 Å². The molecule has 0 amide bonds. The van der Waals surface area contributed by atoms with E-state index in [2.05, 4.69) is 45.4 Å². The van der Waals surface area contributed by atoms with Crippen molar-refractivity contribution >= 4 is 5.96 Å². The van der Waals surface area contributed by atoms with Crippen molar-refractivity contribution in [2.45, 2.75) is 19.6 Å². The summed E-state index contributed by atoms with van der Waals surface area (Å²) in [7, 11) is 3.73. The maximum atomic E-state index is 6.13. The van der Waals surface area contributed by atoms with Gasteiger partial charge in [-0.3, -0.25) is 9.67 Å². The van der Waals surface area contributed by atoms with Gasteiger partial charge in [0, 0.05) is 44.5 Å². The average molecular weight is 420 g/mol. The van der Waals surface area contributed by atoms with Crippen LogP contribution in [0.5, 0.6) is 11.5 Å². The first-order valence-electron chi connectivity index (χ1n) is 10.5. The maximum absolute atomic E-state index is 6.13. The highest BCUT2D eigenvalue weighted by Gasteiger charge is 2.25. The SMILES string of the molecule is CN=C(NCc1ccccc1Oc1ccc(C)cc1)N1CCOC(c2cnn(C)c2)C1. The van der Waals surface area contributed by atoms with Gasteiger partial charge in [-0.2, -0.15) is 5.10 Å².